The lowest BCUT2D eigenvalue weighted by Crippen LogP contribution is -2.57. The number of ether oxygens (including phenoxy) is 2. The predicted octanol–water partition coefficient (Wildman–Crippen LogP) is 2.16. The molecule has 1 N–H and O–H groups in total. The topological polar surface area (TPSA) is 129 Å². The van der Waals surface area contributed by atoms with Crippen LogP contribution in [0.5, 0.6) is 5.75 Å². The standard InChI is InChI=1S/C21H23FN6O5/c1-21(12-32-3)20(29)19(16-10-15(28(30)31)8-9-17(16)33-21)27(11-18-23-25-26(2)24-18)14-6-4-13(22)5-7-14/h4-10,19-20,29H,11-12H2,1-3H3/t19-,20+,21+/m1/s1. The van der Waals surface area contributed by atoms with E-state index in [9.17, 15) is 19.6 Å². The van der Waals surface area contributed by atoms with E-state index in [1.165, 1.54) is 42.2 Å². The lowest BCUT2D eigenvalue weighted by atomic mass is 9.84. The van der Waals surface area contributed by atoms with Crippen LogP contribution in [0.15, 0.2) is 42.5 Å². The van der Waals surface area contributed by atoms with Crippen molar-refractivity contribution in [2.75, 3.05) is 18.6 Å². The first-order valence-corrected chi connectivity index (χ1v) is 10.1. The first-order chi connectivity index (χ1) is 15.7. The second kappa shape index (κ2) is 8.71. The molecule has 174 valence electrons. The van der Waals surface area contributed by atoms with Gasteiger partial charge < -0.3 is 19.5 Å². The fourth-order valence-corrected chi connectivity index (χ4v) is 4.05. The molecule has 4 rings (SSSR count). The Morgan fingerprint density at radius 3 is 2.67 bits per heavy atom. The summed E-state index contributed by atoms with van der Waals surface area (Å²) in [6.07, 6.45) is -1.19. The lowest BCUT2D eigenvalue weighted by Gasteiger charge is -2.47. The van der Waals surface area contributed by atoms with Crippen molar-refractivity contribution in [2.45, 2.75) is 31.2 Å². The molecule has 0 aliphatic carbocycles. The maximum atomic E-state index is 13.7. The molecule has 0 fully saturated rings. The number of tetrazole rings is 1. The number of benzene rings is 2. The Kier molecular flexibility index (Phi) is 5.95. The van der Waals surface area contributed by atoms with Gasteiger partial charge in [-0.15, -0.1) is 10.2 Å². The summed E-state index contributed by atoms with van der Waals surface area (Å²) in [5, 5.41) is 35.1. The minimum Gasteiger partial charge on any atom is -0.482 e. The van der Waals surface area contributed by atoms with Gasteiger partial charge in [-0.05, 0) is 42.5 Å². The summed E-state index contributed by atoms with van der Waals surface area (Å²) in [6, 6.07) is 9.08. The highest BCUT2D eigenvalue weighted by Crippen LogP contribution is 2.46. The first-order valence-electron chi connectivity index (χ1n) is 10.1. The summed E-state index contributed by atoms with van der Waals surface area (Å²) in [6.45, 7) is 1.84. The van der Waals surface area contributed by atoms with Gasteiger partial charge >= 0.3 is 0 Å². The van der Waals surface area contributed by atoms with E-state index >= 15 is 0 Å². The Bertz CT molecular complexity index is 1160. The number of nitrogens with zero attached hydrogens (tertiary/aromatic N) is 6. The number of aliphatic hydroxyl groups is 1. The molecule has 1 aliphatic heterocycles. The molecular formula is C21H23FN6O5. The van der Waals surface area contributed by atoms with E-state index < -0.39 is 28.5 Å². The van der Waals surface area contributed by atoms with Gasteiger partial charge in [0.1, 0.15) is 17.7 Å². The molecular weight excluding hydrogens is 435 g/mol. The Balaban J connectivity index is 1.89. The first kappa shape index (κ1) is 22.6. The van der Waals surface area contributed by atoms with E-state index in [1.807, 2.05) is 0 Å². The van der Waals surface area contributed by atoms with Gasteiger partial charge in [-0.3, -0.25) is 10.1 Å². The van der Waals surface area contributed by atoms with Crippen molar-refractivity contribution in [3.05, 3.63) is 69.8 Å². The highest BCUT2D eigenvalue weighted by Gasteiger charge is 2.49. The van der Waals surface area contributed by atoms with Crippen LogP contribution in [0.4, 0.5) is 15.8 Å². The molecule has 1 aliphatic rings. The Hall–Kier alpha value is -3.64. The van der Waals surface area contributed by atoms with Crippen LogP contribution in [0.2, 0.25) is 0 Å². The third-order valence-electron chi connectivity index (χ3n) is 5.58. The largest absolute Gasteiger partial charge is 0.482 e. The number of aliphatic hydroxyl groups excluding tert-OH is 1. The van der Waals surface area contributed by atoms with E-state index in [2.05, 4.69) is 15.4 Å². The highest BCUT2D eigenvalue weighted by molar-refractivity contribution is 5.55. The quantitative estimate of drug-likeness (QED) is 0.418. The Labute approximate surface area is 188 Å². The van der Waals surface area contributed by atoms with E-state index in [-0.39, 0.29) is 18.8 Å². The molecule has 0 unspecified atom stereocenters. The van der Waals surface area contributed by atoms with Crippen LogP contribution in [0.3, 0.4) is 0 Å². The van der Waals surface area contributed by atoms with E-state index in [0.29, 0.717) is 22.8 Å². The summed E-state index contributed by atoms with van der Waals surface area (Å²) < 4.78 is 25.1. The van der Waals surface area contributed by atoms with Crippen LogP contribution < -0.4 is 9.64 Å². The van der Waals surface area contributed by atoms with Gasteiger partial charge in [0.15, 0.2) is 11.4 Å². The van der Waals surface area contributed by atoms with Crippen LogP contribution in [-0.2, 0) is 18.3 Å². The van der Waals surface area contributed by atoms with Crippen LogP contribution in [0, 0.1) is 15.9 Å². The second-order valence-corrected chi connectivity index (χ2v) is 8.02. The number of hydrogen-bond acceptors (Lipinski definition) is 9. The number of nitro benzene ring substituents is 1. The molecule has 0 radical (unpaired) electrons. The number of fused-ring (bicyclic) bond motifs is 1. The van der Waals surface area contributed by atoms with Crippen molar-refractivity contribution >= 4 is 11.4 Å². The van der Waals surface area contributed by atoms with E-state index in [4.69, 9.17) is 9.47 Å². The molecule has 11 nitrogen and oxygen atoms in total. The maximum absolute atomic E-state index is 13.7. The minimum absolute atomic E-state index is 0.0573. The lowest BCUT2D eigenvalue weighted by molar-refractivity contribution is -0.385. The Morgan fingerprint density at radius 2 is 2.06 bits per heavy atom. The van der Waals surface area contributed by atoms with Crippen molar-refractivity contribution in [3.8, 4) is 5.75 Å². The zero-order chi connectivity index (χ0) is 23.8. The third-order valence-corrected chi connectivity index (χ3v) is 5.58. The average molecular weight is 458 g/mol. The molecule has 12 heteroatoms. The summed E-state index contributed by atoms with van der Waals surface area (Å²) >= 11 is 0. The normalized spacial score (nSPS) is 21.8. The molecule has 2 aromatic carbocycles. The van der Waals surface area contributed by atoms with Gasteiger partial charge in [0.2, 0.25) is 0 Å². The molecule has 0 saturated heterocycles. The van der Waals surface area contributed by atoms with Crippen LogP contribution >= 0.6 is 0 Å². The molecule has 3 aromatic rings. The van der Waals surface area contributed by atoms with Crippen molar-refractivity contribution in [3.63, 3.8) is 0 Å². The molecule has 0 saturated carbocycles. The minimum atomic E-state index is -1.19. The van der Waals surface area contributed by atoms with Gasteiger partial charge in [-0.1, -0.05) is 0 Å². The molecule has 33 heavy (non-hydrogen) atoms. The highest BCUT2D eigenvalue weighted by atomic mass is 19.1. The smallest absolute Gasteiger partial charge is 0.270 e. The van der Waals surface area contributed by atoms with Crippen LogP contribution in [0.1, 0.15) is 24.4 Å². The van der Waals surface area contributed by atoms with Crippen molar-refractivity contribution < 1.29 is 23.9 Å². The molecule has 0 spiro atoms. The van der Waals surface area contributed by atoms with Crippen LogP contribution in [0.25, 0.3) is 0 Å². The summed E-state index contributed by atoms with van der Waals surface area (Å²) in [5.41, 5.74) is -0.372. The monoisotopic (exact) mass is 458 g/mol. The fourth-order valence-electron chi connectivity index (χ4n) is 4.05. The number of aromatic nitrogens is 4. The van der Waals surface area contributed by atoms with Crippen molar-refractivity contribution in [1.82, 2.24) is 20.2 Å². The van der Waals surface area contributed by atoms with E-state index in [0.717, 1.165) is 0 Å². The molecule has 1 aromatic heterocycles. The number of halogens is 1. The predicted molar refractivity (Wildman–Crippen MR) is 114 cm³/mol. The van der Waals surface area contributed by atoms with E-state index in [1.54, 1.807) is 31.0 Å². The number of methoxy groups -OCH3 is 1. The second-order valence-electron chi connectivity index (χ2n) is 8.02. The van der Waals surface area contributed by atoms with Gasteiger partial charge in [0.25, 0.3) is 5.69 Å². The van der Waals surface area contributed by atoms with Gasteiger partial charge in [-0.25, -0.2) is 4.39 Å². The number of nitro groups is 1. The summed E-state index contributed by atoms with van der Waals surface area (Å²) in [5.74, 6) is 0.291. The molecule has 3 atom stereocenters. The number of aryl methyl sites for hydroxylation is 1. The van der Waals surface area contributed by atoms with Gasteiger partial charge in [0.05, 0.1) is 31.2 Å². The molecule has 0 amide bonds. The number of hydrogen-bond donors (Lipinski definition) is 1. The average Bonchev–Trinajstić information content (AvgIpc) is 3.19. The SMILES string of the molecule is COC[C@]1(C)Oc2ccc([N+](=O)[O-])cc2[C@@H](N(Cc2nnn(C)n2)c2ccc(F)cc2)[C@@H]1O. The summed E-state index contributed by atoms with van der Waals surface area (Å²) in [7, 11) is 3.11. The number of non-ortho nitro benzene ring substituents is 1. The van der Waals surface area contributed by atoms with Gasteiger partial charge in [-0.2, -0.15) is 4.80 Å². The van der Waals surface area contributed by atoms with Gasteiger partial charge in [0, 0.05) is 30.5 Å². The molecule has 0 bridgehead atoms. The zero-order valence-corrected chi connectivity index (χ0v) is 18.3. The molecule has 2 heterocycles. The zero-order valence-electron chi connectivity index (χ0n) is 18.3. The third kappa shape index (κ3) is 4.34. The summed E-state index contributed by atoms with van der Waals surface area (Å²) in [4.78, 5) is 14.0. The Morgan fingerprint density at radius 1 is 1.33 bits per heavy atom. The fraction of sp³-hybridized carbons (Fsp3) is 0.381. The number of anilines is 1. The van der Waals surface area contributed by atoms with Crippen molar-refractivity contribution in [1.29, 1.82) is 0 Å². The van der Waals surface area contributed by atoms with Crippen molar-refractivity contribution in [2.24, 2.45) is 7.05 Å². The number of rotatable bonds is 7. The van der Waals surface area contributed by atoms with Crippen LogP contribution in [-0.4, -0.2) is 55.7 Å². The maximum Gasteiger partial charge on any atom is 0.270 e.